The summed E-state index contributed by atoms with van der Waals surface area (Å²) >= 11 is 0. The fourth-order valence-corrected chi connectivity index (χ4v) is 2.82. The zero-order valence-electron chi connectivity index (χ0n) is 15.3. The van der Waals surface area contributed by atoms with Crippen molar-refractivity contribution in [1.82, 2.24) is 15.5 Å². The standard InChI is InChI=1S/C17H36N4O2/c1-4-18-17(19-10-7-13-23-15-14-22-3)20-11-12-21(2)16-8-5-6-9-16/h16H,4-15H2,1-3H3,(H2,18,19,20). The molecule has 0 aromatic heterocycles. The van der Waals surface area contributed by atoms with E-state index in [-0.39, 0.29) is 0 Å². The summed E-state index contributed by atoms with van der Waals surface area (Å²) < 4.78 is 10.4. The van der Waals surface area contributed by atoms with Gasteiger partial charge < -0.3 is 25.0 Å². The highest BCUT2D eigenvalue weighted by Gasteiger charge is 2.18. The minimum Gasteiger partial charge on any atom is -0.382 e. The molecule has 0 saturated heterocycles. The van der Waals surface area contributed by atoms with Gasteiger partial charge in [0.1, 0.15) is 0 Å². The Labute approximate surface area is 142 Å². The number of methoxy groups -OCH3 is 1. The van der Waals surface area contributed by atoms with Gasteiger partial charge in [0.05, 0.1) is 13.2 Å². The van der Waals surface area contributed by atoms with Crippen LogP contribution in [0, 0.1) is 0 Å². The van der Waals surface area contributed by atoms with E-state index in [0.29, 0.717) is 13.2 Å². The van der Waals surface area contributed by atoms with Crippen LogP contribution in [0.15, 0.2) is 4.99 Å². The number of ether oxygens (including phenoxy) is 2. The Bertz CT molecular complexity index is 307. The molecule has 1 rings (SSSR count). The second-order valence-electron chi connectivity index (χ2n) is 6.07. The third-order valence-corrected chi connectivity index (χ3v) is 4.20. The Morgan fingerprint density at radius 3 is 2.65 bits per heavy atom. The number of guanidine groups is 1. The van der Waals surface area contributed by atoms with Gasteiger partial charge in [0, 0.05) is 45.9 Å². The van der Waals surface area contributed by atoms with Crippen LogP contribution in [-0.2, 0) is 9.47 Å². The molecule has 0 unspecified atom stereocenters. The first kappa shape index (κ1) is 20.2. The largest absolute Gasteiger partial charge is 0.382 e. The Kier molecular flexibility index (Phi) is 11.9. The van der Waals surface area contributed by atoms with E-state index in [9.17, 15) is 0 Å². The average molecular weight is 329 g/mol. The maximum atomic E-state index is 5.44. The molecule has 1 fully saturated rings. The maximum absolute atomic E-state index is 5.44. The van der Waals surface area contributed by atoms with Crippen molar-refractivity contribution in [3.8, 4) is 0 Å². The van der Waals surface area contributed by atoms with Crippen LogP contribution in [0.1, 0.15) is 39.0 Å². The minimum atomic E-state index is 0.655. The van der Waals surface area contributed by atoms with E-state index >= 15 is 0 Å². The lowest BCUT2D eigenvalue weighted by atomic mass is 10.2. The molecule has 0 spiro atoms. The van der Waals surface area contributed by atoms with Crippen molar-refractivity contribution >= 4 is 5.96 Å². The van der Waals surface area contributed by atoms with E-state index < -0.39 is 0 Å². The van der Waals surface area contributed by atoms with Crippen molar-refractivity contribution < 1.29 is 9.47 Å². The van der Waals surface area contributed by atoms with E-state index in [0.717, 1.165) is 51.2 Å². The van der Waals surface area contributed by atoms with Gasteiger partial charge in [-0.05, 0) is 33.2 Å². The highest BCUT2D eigenvalue weighted by Crippen LogP contribution is 2.21. The highest BCUT2D eigenvalue weighted by atomic mass is 16.5. The predicted molar refractivity (Wildman–Crippen MR) is 96.2 cm³/mol. The zero-order valence-corrected chi connectivity index (χ0v) is 15.3. The second kappa shape index (κ2) is 13.6. The molecular weight excluding hydrogens is 292 g/mol. The van der Waals surface area contributed by atoms with Crippen LogP contribution >= 0.6 is 0 Å². The monoisotopic (exact) mass is 328 g/mol. The van der Waals surface area contributed by atoms with Gasteiger partial charge in [-0.1, -0.05) is 12.8 Å². The highest BCUT2D eigenvalue weighted by molar-refractivity contribution is 5.79. The van der Waals surface area contributed by atoms with Gasteiger partial charge in [-0.3, -0.25) is 4.99 Å². The summed E-state index contributed by atoms with van der Waals surface area (Å²) in [6, 6.07) is 0.778. The normalized spacial score (nSPS) is 16.3. The van der Waals surface area contributed by atoms with Crippen LogP contribution in [0.4, 0.5) is 0 Å². The van der Waals surface area contributed by atoms with Gasteiger partial charge in [-0.2, -0.15) is 0 Å². The van der Waals surface area contributed by atoms with Crippen LogP contribution in [0.5, 0.6) is 0 Å². The summed E-state index contributed by atoms with van der Waals surface area (Å²) in [6.45, 7) is 7.80. The van der Waals surface area contributed by atoms with Crippen molar-refractivity contribution in [2.24, 2.45) is 4.99 Å². The van der Waals surface area contributed by atoms with Crippen LogP contribution in [0.25, 0.3) is 0 Å². The molecule has 0 radical (unpaired) electrons. The number of hydrogen-bond donors (Lipinski definition) is 2. The first-order valence-electron chi connectivity index (χ1n) is 9.07. The summed E-state index contributed by atoms with van der Waals surface area (Å²) in [5.41, 5.74) is 0. The minimum absolute atomic E-state index is 0.655. The van der Waals surface area contributed by atoms with Crippen LogP contribution in [0.2, 0.25) is 0 Å². The summed E-state index contributed by atoms with van der Waals surface area (Å²) in [6.07, 6.45) is 6.42. The molecule has 6 heteroatoms. The summed E-state index contributed by atoms with van der Waals surface area (Å²) in [5, 5.41) is 6.72. The van der Waals surface area contributed by atoms with E-state index in [2.05, 4.69) is 34.5 Å². The van der Waals surface area contributed by atoms with Crippen LogP contribution < -0.4 is 10.6 Å². The van der Waals surface area contributed by atoms with Gasteiger partial charge in [0.15, 0.2) is 5.96 Å². The van der Waals surface area contributed by atoms with Gasteiger partial charge in [0.25, 0.3) is 0 Å². The first-order valence-corrected chi connectivity index (χ1v) is 9.07. The first-order chi connectivity index (χ1) is 11.3. The molecule has 0 aliphatic heterocycles. The van der Waals surface area contributed by atoms with Crippen LogP contribution in [-0.4, -0.2) is 77.1 Å². The lowest BCUT2D eigenvalue weighted by molar-refractivity contribution is 0.0702. The van der Waals surface area contributed by atoms with E-state index in [4.69, 9.17) is 9.47 Å². The molecule has 136 valence electrons. The van der Waals surface area contributed by atoms with Gasteiger partial charge >= 0.3 is 0 Å². The third kappa shape index (κ3) is 9.79. The molecule has 0 aromatic carbocycles. The molecule has 1 saturated carbocycles. The number of nitrogens with one attached hydrogen (secondary N) is 2. The SMILES string of the molecule is CCNC(=NCCCOCCOC)NCCN(C)C1CCCC1. The summed E-state index contributed by atoms with van der Waals surface area (Å²) in [4.78, 5) is 7.07. The molecule has 2 N–H and O–H groups in total. The molecule has 0 atom stereocenters. The molecule has 0 heterocycles. The lowest BCUT2D eigenvalue weighted by Gasteiger charge is -2.24. The average Bonchev–Trinajstić information content (AvgIpc) is 3.08. The number of rotatable bonds is 12. The van der Waals surface area contributed by atoms with E-state index in [1.165, 1.54) is 25.7 Å². The molecular formula is C17H36N4O2. The van der Waals surface area contributed by atoms with E-state index in [1.54, 1.807) is 7.11 Å². The van der Waals surface area contributed by atoms with Gasteiger partial charge in [-0.25, -0.2) is 0 Å². The molecule has 0 amide bonds. The Hall–Kier alpha value is -0.850. The fraction of sp³-hybridized carbons (Fsp3) is 0.941. The summed E-state index contributed by atoms with van der Waals surface area (Å²) in [5.74, 6) is 0.907. The molecule has 0 bridgehead atoms. The molecule has 1 aliphatic carbocycles. The van der Waals surface area contributed by atoms with Crippen molar-refractivity contribution in [2.75, 3.05) is 60.2 Å². The number of nitrogens with zero attached hydrogens (tertiary/aromatic N) is 2. The fourth-order valence-electron chi connectivity index (χ4n) is 2.82. The lowest BCUT2D eigenvalue weighted by Crippen LogP contribution is -2.42. The maximum Gasteiger partial charge on any atom is 0.191 e. The summed E-state index contributed by atoms with van der Waals surface area (Å²) in [7, 11) is 3.92. The number of aliphatic imine (C=N–C) groups is 1. The number of hydrogen-bond acceptors (Lipinski definition) is 4. The Morgan fingerprint density at radius 2 is 1.96 bits per heavy atom. The van der Waals surface area contributed by atoms with Crippen LogP contribution in [0.3, 0.4) is 0 Å². The molecule has 23 heavy (non-hydrogen) atoms. The van der Waals surface area contributed by atoms with Crippen molar-refractivity contribution in [3.63, 3.8) is 0 Å². The molecule has 1 aliphatic rings. The Morgan fingerprint density at radius 1 is 1.17 bits per heavy atom. The third-order valence-electron chi connectivity index (χ3n) is 4.20. The molecule has 6 nitrogen and oxygen atoms in total. The van der Waals surface area contributed by atoms with Crippen molar-refractivity contribution in [3.05, 3.63) is 0 Å². The quantitative estimate of drug-likeness (QED) is 0.323. The van der Waals surface area contributed by atoms with Gasteiger partial charge in [-0.15, -0.1) is 0 Å². The van der Waals surface area contributed by atoms with Crippen molar-refractivity contribution in [2.45, 2.75) is 45.1 Å². The smallest absolute Gasteiger partial charge is 0.191 e. The van der Waals surface area contributed by atoms with Gasteiger partial charge in [0.2, 0.25) is 0 Å². The second-order valence-corrected chi connectivity index (χ2v) is 6.07. The molecule has 0 aromatic rings. The van der Waals surface area contributed by atoms with Crippen molar-refractivity contribution in [1.29, 1.82) is 0 Å². The topological polar surface area (TPSA) is 58.1 Å². The Balaban J connectivity index is 2.13. The zero-order chi connectivity index (χ0) is 16.8. The predicted octanol–water partition coefficient (Wildman–Crippen LogP) is 1.47. The van der Waals surface area contributed by atoms with E-state index in [1.807, 2.05) is 0 Å². The number of likely N-dealkylation sites (N-methyl/N-ethyl adjacent to an activating group) is 1.